The van der Waals surface area contributed by atoms with Crippen LogP contribution in [0.1, 0.15) is 30.0 Å². The van der Waals surface area contributed by atoms with E-state index in [9.17, 15) is 4.79 Å². The second kappa shape index (κ2) is 4.43. The van der Waals surface area contributed by atoms with Crippen LogP contribution in [0.5, 0.6) is 0 Å². The number of nitrogens with zero attached hydrogens (tertiary/aromatic N) is 1. The number of methoxy groups -OCH3 is 1. The second-order valence-electron chi connectivity index (χ2n) is 3.38. The van der Waals surface area contributed by atoms with Gasteiger partial charge in [-0.2, -0.15) is 5.10 Å². The Hall–Kier alpha value is -1.07. The highest BCUT2D eigenvalue weighted by molar-refractivity contribution is 5.87. The zero-order valence-electron chi connectivity index (χ0n) is 8.33. The lowest BCUT2D eigenvalue weighted by molar-refractivity contribution is 0.0594. The van der Waals surface area contributed by atoms with Crippen molar-refractivity contribution < 1.29 is 9.53 Å². The molecule has 14 heavy (non-hydrogen) atoms. The van der Waals surface area contributed by atoms with E-state index < -0.39 is 11.5 Å². The first kappa shape index (κ1) is 12.9. The molecule has 3 N–H and O–H groups in total. The molecule has 6 heteroatoms. The maximum absolute atomic E-state index is 11.0. The highest BCUT2D eigenvalue weighted by Gasteiger charge is 2.19. The van der Waals surface area contributed by atoms with Gasteiger partial charge >= 0.3 is 5.97 Å². The van der Waals surface area contributed by atoms with Gasteiger partial charge in [-0.15, -0.1) is 12.4 Å². The van der Waals surface area contributed by atoms with Crippen molar-refractivity contribution in [2.24, 2.45) is 5.73 Å². The molecular formula is C8H14ClN3O2. The van der Waals surface area contributed by atoms with Crippen LogP contribution in [0.4, 0.5) is 0 Å². The van der Waals surface area contributed by atoms with Crippen LogP contribution in [0.3, 0.4) is 0 Å². The molecule has 0 aliphatic rings. The molecule has 0 atom stereocenters. The number of aromatic amines is 1. The number of ether oxygens (including phenoxy) is 1. The monoisotopic (exact) mass is 219 g/mol. The number of carbonyl (C=O) groups is 1. The fraction of sp³-hybridized carbons (Fsp3) is 0.500. The molecule has 0 spiro atoms. The van der Waals surface area contributed by atoms with Gasteiger partial charge in [-0.3, -0.25) is 5.10 Å². The molecule has 0 saturated carbocycles. The average molecular weight is 220 g/mol. The van der Waals surface area contributed by atoms with Crippen molar-refractivity contribution in [1.82, 2.24) is 10.2 Å². The molecule has 0 radical (unpaired) electrons. The van der Waals surface area contributed by atoms with E-state index in [1.54, 1.807) is 6.07 Å². The van der Waals surface area contributed by atoms with Gasteiger partial charge in [0.15, 0.2) is 5.69 Å². The molecule has 80 valence electrons. The van der Waals surface area contributed by atoms with E-state index in [2.05, 4.69) is 14.9 Å². The maximum Gasteiger partial charge on any atom is 0.358 e. The van der Waals surface area contributed by atoms with E-state index >= 15 is 0 Å². The quantitative estimate of drug-likeness (QED) is 0.722. The van der Waals surface area contributed by atoms with Crippen molar-refractivity contribution in [3.8, 4) is 0 Å². The molecule has 1 aromatic heterocycles. The molecule has 1 rings (SSSR count). The normalized spacial score (nSPS) is 10.6. The first-order chi connectivity index (χ1) is 5.95. The molecule has 0 fully saturated rings. The van der Waals surface area contributed by atoms with Crippen LogP contribution in [0.25, 0.3) is 0 Å². The minimum atomic E-state index is -0.529. The Kier molecular flexibility index (Phi) is 4.09. The minimum absolute atomic E-state index is 0. The standard InChI is InChI=1S/C8H13N3O2.ClH/c1-8(2,9)6-4-5(10-11-6)7(12)13-3;/h4H,9H2,1-3H3,(H,10,11);1H. The van der Waals surface area contributed by atoms with Crippen LogP contribution in [0.15, 0.2) is 6.07 Å². The SMILES string of the molecule is COC(=O)c1cc(C(C)(C)N)[nH]n1.Cl. The molecule has 0 unspecified atom stereocenters. The van der Waals surface area contributed by atoms with Crippen LogP contribution in [0.2, 0.25) is 0 Å². The maximum atomic E-state index is 11.0. The van der Waals surface area contributed by atoms with Crippen molar-refractivity contribution in [2.75, 3.05) is 7.11 Å². The largest absolute Gasteiger partial charge is 0.464 e. The van der Waals surface area contributed by atoms with Gasteiger partial charge in [0.05, 0.1) is 18.3 Å². The van der Waals surface area contributed by atoms with Crippen molar-refractivity contribution in [2.45, 2.75) is 19.4 Å². The third kappa shape index (κ3) is 2.71. The molecule has 0 saturated heterocycles. The Morgan fingerprint density at radius 1 is 1.64 bits per heavy atom. The van der Waals surface area contributed by atoms with Crippen molar-refractivity contribution in [1.29, 1.82) is 0 Å². The number of H-pyrrole nitrogens is 1. The number of hydrogen-bond donors (Lipinski definition) is 2. The average Bonchev–Trinajstić information content (AvgIpc) is 2.50. The zero-order valence-corrected chi connectivity index (χ0v) is 9.14. The number of nitrogens with two attached hydrogens (primary N) is 1. The summed E-state index contributed by atoms with van der Waals surface area (Å²) in [5.74, 6) is -0.466. The van der Waals surface area contributed by atoms with Gasteiger partial charge in [0.2, 0.25) is 0 Å². The predicted octanol–water partition coefficient (Wildman–Crippen LogP) is 0.812. The third-order valence-corrected chi connectivity index (χ3v) is 1.67. The summed E-state index contributed by atoms with van der Waals surface area (Å²) in [6.07, 6.45) is 0. The number of esters is 1. The van der Waals surface area contributed by atoms with Gasteiger partial charge in [-0.05, 0) is 19.9 Å². The number of nitrogens with one attached hydrogen (secondary N) is 1. The lowest BCUT2D eigenvalue weighted by Gasteiger charge is -2.14. The van der Waals surface area contributed by atoms with Gasteiger partial charge in [-0.1, -0.05) is 0 Å². The van der Waals surface area contributed by atoms with Gasteiger partial charge in [0.25, 0.3) is 0 Å². The van der Waals surface area contributed by atoms with E-state index in [1.165, 1.54) is 7.11 Å². The van der Waals surface area contributed by atoms with Crippen molar-refractivity contribution >= 4 is 18.4 Å². The van der Waals surface area contributed by atoms with Crippen molar-refractivity contribution in [3.63, 3.8) is 0 Å². The molecule has 0 aliphatic heterocycles. The predicted molar refractivity (Wildman–Crippen MR) is 54.4 cm³/mol. The fourth-order valence-corrected chi connectivity index (χ4v) is 0.861. The summed E-state index contributed by atoms with van der Waals surface area (Å²) in [5, 5.41) is 6.46. The summed E-state index contributed by atoms with van der Waals surface area (Å²) in [6.45, 7) is 3.64. The van der Waals surface area contributed by atoms with E-state index in [0.717, 1.165) is 0 Å². The highest BCUT2D eigenvalue weighted by atomic mass is 35.5. The van der Waals surface area contributed by atoms with Gasteiger partial charge in [0.1, 0.15) is 0 Å². The molecule has 1 aromatic rings. The summed E-state index contributed by atoms with van der Waals surface area (Å²) in [5.41, 5.74) is 6.21. The van der Waals surface area contributed by atoms with E-state index in [1.807, 2.05) is 13.8 Å². The van der Waals surface area contributed by atoms with E-state index in [-0.39, 0.29) is 18.1 Å². The van der Waals surface area contributed by atoms with Crippen LogP contribution < -0.4 is 5.73 Å². The Morgan fingerprint density at radius 3 is 2.57 bits per heavy atom. The number of aromatic nitrogens is 2. The lowest BCUT2D eigenvalue weighted by Crippen LogP contribution is -2.29. The van der Waals surface area contributed by atoms with E-state index in [4.69, 9.17) is 5.73 Å². The van der Waals surface area contributed by atoms with Crippen LogP contribution in [0, 0.1) is 0 Å². The molecule has 0 amide bonds. The fourth-order valence-electron chi connectivity index (χ4n) is 0.861. The molecular weight excluding hydrogens is 206 g/mol. The lowest BCUT2D eigenvalue weighted by atomic mass is 10.0. The molecule has 0 bridgehead atoms. The van der Waals surface area contributed by atoms with Crippen LogP contribution >= 0.6 is 12.4 Å². The Labute approximate surface area is 88.4 Å². The summed E-state index contributed by atoms with van der Waals surface area (Å²) >= 11 is 0. The first-order valence-electron chi connectivity index (χ1n) is 3.88. The Bertz CT molecular complexity index is 317. The summed E-state index contributed by atoms with van der Waals surface area (Å²) in [4.78, 5) is 11.0. The smallest absolute Gasteiger partial charge is 0.358 e. The van der Waals surface area contributed by atoms with Gasteiger partial charge in [0, 0.05) is 0 Å². The summed E-state index contributed by atoms with van der Waals surface area (Å²) < 4.78 is 4.50. The third-order valence-electron chi connectivity index (χ3n) is 1.67. The Morgan fingerprint density at radius 2 is 2.21 bits per heavy atom. The highest BCUT2D eigenvalue weighted by Crippen LogP contribution is 2.14. The van der Waals surface area contributed by atoms with Crippen LogP contribution in [-0.2, 0) is 10.3 Å². The first-order valence-corrected chi connectivity index (χ1v) is 3.88. The van der Waals surface area contributed by atoms with Crippen LogP contribution in [-0.4, -0.2) is 23.3 Å². The van der Waals surface area contributed by atoms with Crippen molar-refractivity contribution in [3.05, 3.63) is 17.5 Å². The molecule has 1 heterocycles. The number of carbonyl (C=O) groups excluding carboxylic acids is 1. The Balaban J connectivity index is 0.00000169. The number of rotatable bonds is 2. The molecule has 0 aromatic carbocycles. The van der Waals surface area contributed by atoms with Gasteiger partial charge in [-0.25, -0.2) is 4.79 Å². The zero-order chi connectivity index (χ0) is 10.1. The minimum Gasteiger partial charge on any atom is -0.464 e. The molecule has 0 aliphatic carbocycles. The van der Waals surface area contributed by atoms with Gasteiger partial charge < -0.3 is 10.5 Å². The number of hydrogen-bond acceptors (Lipinski definition) is 4. The van der Waals surface area contributed by atoms with E-state index in [0.29, 0.717) is 5.69 Å². The second-order valence-corrected chi connectivity index (χ2v) is 3.38. The molecule has 5 nitrogen and oxygen atoms in total. The summed E-state index contributed by atoms with van der Waals surface area (Å²) in [6, 6.07) is 1.59. The summed E-state index contributed by atoms with van der Waals surface area (Å²) in [7, 11) is 1.31. The topological polar surface area (TPSA) is 81.0 Å². The number of halogens is 1.